The minimum Gasteiger partial charge on any atom is -0.379 e. The van der Waals surface area contributed by atoms with E-state index in [1.165, 1.54) is 6.07 Å². The van der Waals surface area contributed by atoms with E-state index in [9.17, 15) is 4.79 Å². The molecule has 3 heterocycles. The predicted octanol–water partition coefficient (Wildman–Crippen LogP) is 0.150. The van der Waals surface area contributed by atoms with Gasteiger partial charge in [0.2, 0.25) is 5.43 Å². The molecule has 0 unspecified atom stereocenters. The molecule has 1 aliphatic rings. The fourth-order valence-electron chi connectivity index (χ4n) is 2.04. The van der Waals surface area contributed by atoms with Gasteiger partial charge in [0.25, 0.3) is 0 Å². The molecule has 3 rings (SSSR count). The van der Waals surface area contributed by atoms with Gasteiger partial charge in [0.15, 0.2) is 11.2 Å². The number of aromatic amines is 1. The molecule has 0 bridgehead atoms. The Labute approximate surface area is 104 Å². The molecule has 2 aromatic heterocycles. The number of H-pyrrole nitrogens is 1. The third kappa shape index (κ3) is 2.25. The predicted molar refractivity (Wildman–Crippen MR) is 66.3 cm³/mol. The third-order valence-corrected chi connectivity index (χ3v) is 3.00. The summed E-state index contributed by atoms with van der Waals surface area (Å²) < 4.78 is 5.29. The zero-order chi connectivity index (χ0) is 12.4. The second-order valence-corrected chi connectivity index (χ2v) is 4.29. The fourth-order valence-corrected chi connectivity index (χ4v) is 2.04. The van der Waals surface area contributed by atoms with E-state index in [4.69, 9.17) is 4.74 Å². The smallest absolute Gasteiger partial charge is 0.209 e. The molecule has 6 heteroatoms. The Kier molecular flexibility index (Phi) is 3.04. The Hall–Kier alpha value is -1.79. The van der Waals surface area contributed by atoms with Gasteiger partial charge in [-0.15, -0.1) is 0 Å². The SMILES string of the molecule is O=c1cc[nH]c2ncc(CN3CCOCC3)nc12. The average Bonchev–Trinajstić information content (AvgIpc) is 2.41. The molecule has 1 aliphatic heterocycles. The third-order valence-electron chi connectivity index (χ3n) is 3.00. The molecule has 0 aromatic carbocycles. The standard InChI is InChI=1S/C12H14N4O2/c17-10-1-2-13-12-11(10)15-9(7-14-12)8-16-3-5-18-6-4-16/h1-2,7H,3-6,8H2,(H,13,14,17). The number of fused-ring (bicyclic) bond motifs is 1. The molecule has 1 fully saturated rings. The van der Waals surface area contributed by atoms with Gasteiger partial charge < -0.3 is 9.72 Å². The lowest BCUT2D eigenvalue weighted by Crippen LogP contribution is -2.36. The molecule has 94 valence electrons. The molecule has 18 heavy (non-hydrogen) atoms. The summed E-state index contributed by atoms with van der Waals surface area (Å²) in [4.78, 5) is 25.4. The first-order valence-electron chi connectivity index (χ1n) is 5.96. The lowest BCUT2D eigenvalue weighted by atomic mass is 10.3. The van der Waals surface area contributed by atoms with Crippen LogP contribution in [0.2, 0.25) is 0 Å². The van der Waals surface area contributed by atoms with E-state index in [0.29, 0.717) is 17.7 Å². The summed E-state index contributed by atoms with van der Waals surface area (Å²) in [6.45, 7) is 4.00. The van der Waals surface area contributed by atoms with Crippen LogP contribution in [0.5, 0.6) is 0 Å². The fraction of sp³-hybridized carbons (Fsp3) is 0.417. The Balaban J connectivity index is 1.88. The van der Waals surface area contributed by atoms with Gasteiger partial charge in [0, 0.05) is 31.9 Å². The number of hydrogen-bond acceptors (Lipinski definition) is 5. The number of nitrogens with zero attached hydrogens (tertiary/aromatic N) is 3. The van der Waals surface area contributed by atoms with Crippen molar-refractivity contribution in [1.82, 2.24) is 19.9 Å². The van der Waals surface area contributed by atoms with E-state index in [0.717, 1.165) is 32.0 Å². The highest BCUT2D eigenvalue weighted by atomic mass is 16.5. The molecular formula is C12H14N4O2. The first kappa shape index (κ1) is 11.3. The van der Waals surface area contributed by atoms with E-state index in [-0.39, 0.29) is 5.43 Å². The van der Waals surface area contributed by atoms with Gasteiger partial charge in [-0.2, -0.15) is 0 Å². The topological polar surface area (TPSA) is 71.1 Å². The van der Waals surface area contributed by atoms with Crippen molar-refractivity contribution in [2.24, 2.45) is 0 Å². The zero-order valence-corrected chi connectivity index (χ0v) is 9.93. The molecule has 1 saturated heterocycles. The number of aromatic nitrogens is 3. The summed E-state index contributed by atoms with van der Waals surface area (Å²) >= 11 is 0. The number of pyridine rings is 1. The molecule has 0 spiro atoms. The lowest BCUT2D eigenvalue weighted by molar-refractivity contribution is 0.0336. The van der Waals surface area contributed by atoms with Crippen LogP contribution in [-0.4, -0.2) is 46.2 Å². The number of hydrogen-bond donors (Lipinski definition) is 1. The molecule has 1 N–H and O–H groups in total. The van der Waals surface area contributed by atoms with Gasteiger partial charge >= 0.3 is 0 Å². The number of morpholine rings is 1. The Bertz CT molecular complexity index is 604. The minimum absolute atomic E-state index is 0.0972. The lowest BCUT2D eigenvalue weighted by Gasteiger charge is -2.25. The van der Waals surface area contributed by atoms with Gasteiger partial charge in [-0.25, -0.2) is 9.97 Å². The highest BCUT2D eigenvalue weighted by molar-refractivity contribution is 5.68. The molecular weight excluding hydrogens is 232 g/mol. The largest absolute Gasteiger partial charge is 0.379 e. The van der Waals surface area contributed by atoms with Gasteiger partial charge in [0.1, 0.15) is 0 Å². The summed E-state index contributed by atoms with van der Waals surface area (Å²) in [6, 6.07) is 1.47. The van der Waals surface area contributed by atoms with Gasteiger partial charge in [-0.1, -0.05) is 0 Å². The maximum absolute atomic E-state index is 11.7. The van der Waals surface area contributed by atoms with Crippen LogP contribution >= 0.6 is 0 Å². The summed E-state index contributed by atoms with van der Waals surface area (Å²) in [5.41, 5.74) is 1.66. The summed E-state index contributed by atoms with van der Waals surface area (Å²) in [6.07, 6.45) is 3.30. The summed E-state index contributed by atoms with van der Waals surface area (Å²) in [7, 11) is 0. The average molecular weight is 246 g/mol. The summed E-state index contributed by atoms with van der Waals surface area (Å²) in [5, 5.41) is 0. The monoisotopic (exact) mass is 246 g/mol. The highest BCUT2D eigenvalue weighted by Crippen LogP contribution is 2.06. The molecule has 0 saturated carbocycles. The highest BCUT2D eigenvalue weighted by Gasteiger charge is 2.12. The Morgan fingerprint density at radius 3 is 3.06 bits per heavy atom. The van der Waals surface area contributed by atoms with Gasteiger partial charge in [-0.3, -0.25) is 9.69 Å². The van der Waals surface area contributed by atoms with Crippen LogP contribution in [0.15, 0.2) is 23.3 Å². The van der Waals surface area contributed by atoms with E-state index in [2.05, 4.69) is 19.9 Å². The van der Waals surface area contributed by atoms with Crippen LogP contribution in [0.4, 0.5) is 0 Å². The van der Waals surface area contributed by atoms with E-state index >= 15 is 0 Å². The molecule has 6 nitrogen and oxygen atoms in total. The second kappa shape index (κ2) is 4.83. The van der Waals surface area contributed by atoms with Crippen LogP contribution < -0.4 is 5.43 Å². The maximum Gasteiger partial charge on any atom is 0.209 e. The first-order chi connectivity index (χ1) is 8.83. The molecule has 0 radical (unpaired) electrons. The quantitative estimate of drug-likeness (QED) is 0.816. The van der Waals surface area contributed by atoms with Crippen molar-refractivity contribution in [3.63, 3.8) is 0 Å². The van der Waals surface area contributed by atoms with Gasteiger partial charge in [-0.05, 0) is 0 Å². The normalized spacial score (nSPS) is 17.1. The van der Waals surface area contributed by atoms with Crippen LogP contribution in [0.1, 0.15) is 5.69 Å². The van der Waals surface area contributed by atoms with E-state index < -0.39 is 0 Å². The van der Waals surface area contributed by atoms with Crippen molar-refractivity contribution in [2.45, 2.75) is 6.54 Å². The minimum atomic E-state index is -0.0972. The van der Waals surface area contributed by atoms with E-state index in [1.54, 1.807) is 12.4 Å². The van der Waals surface area contributed by atoms with Crippen molar-refractivity contribution >= 4 is 11.2 Å². The van der Waals surface area contributed by atoms with Crippen molar-refractivity contribution in [1.29, 1.82) is 0 Å². The van der Waals surface area contributed by atoms with Crippen LogP contribution in [-0.2, 0) is 11.3 Å². The Morgan fingerprint density at radius 2 is 2.22 bits per heavy atom. The zero-order valence-electron chi connectivity index (χ0n) is 9.93. The van der Waals surface area contributed by atoms with E-state index in [1.807, 2.05) is 0 Å². The summed E-state index contributed by atoms with van der Waals surface area (Å²) in [5.74, 6) is 0. The van der Waals surface area contributed by atoms with Crippen molar-refractivity contribution in [3.05, 3.63) is 34.4 Å². The number of nitrogens with one attached hydrogen (secondary N) is 1. The van der Waals surface area contributed by atoms with Crippen molar-refractivity contribution in [2.75, 3.05) is 26.3 Å². The first-order valence-corrected chi connectivity index (χ1v) is 5.96. The molecule has 0 amide bonds. The molecule has 0 aliphatic carbocycles. The second-order valence-electron chi connectivity index (χ2n) is 4.29. The number of ether oxygens (including phenoxy) is 1. The van der Waals surface area contributed by atoms with Crippen LogP contribution in [0.25, 0.3) is 11.2 Å². The molecule has 0 atom stereocenters. The maximum atomic E-state index is 11.7. The Morgan fingerprint density at radius 1 is 1.39 bits per heavy atom. The van der Waals surface area contributed by atoms with Gasteiger partial charge in [0.05, 0.1) is 25.1 Å². The van der Waals surface area contributed by atoms with Crippen molar-refractivity contribution < 1.29 is 4.74 Å². The van der Waals surface area contributed by atoms with Crippen LogP contribution in [0.3, 0.4) is 0 Å². The number of rotatable bonds is 2. The van der Waals surface area contributed by atoms with Crippen molar-refractivity contribution in [3.8, 4) is 0 Å². The van der Waals surface area contributed by atoms with Crippen LogP contribution in [0, 0.1) is 0 Å². The molecule has 2 aromatic rings.